The third kappa shape index (κ3) is 3.79. The van der Waals surface area contributed by atoms with Crippen LogP contribution in [0.1, 0.15) is 43.1 Å². The van der Waals surface area contributed by atoms with Crippen molar-refractivity contribution in [2.75, 3.05) is 45.4 Å². The molecule has 180 valence electrons. The Morgan fingerprint density at radius 2 is 1.71 bits per heavy atom. The Kier molecular flexibility index (Phi) is 6.16. The van der Waals surface area contributed by atoms with E-state index in [1.165, 1.54) is 0 Å². The Labute approximate surface area is 199 Å². The summed E-state index contributed by atoms with van der Waals surface area (Å²) in [6.45, 7) is 6.86. The van der Waals surface area contributed by atoms with Crippen LogP contribution in [0, 0.1) is 5.82 Å². The second-order valence-corrected chi connectivity index (χ2v) is 9.07. The summed E-state index contributed by atoms with van der Waals surface area (Å²) in [5.41, 5.74) is 4.02. The van der Waals surface area contributed by atoms with Crippen LogP contribution in [-0.2, 0) is 17.6 Å². The van der Waals surface area contributed by atoms with Crippen LogP contribution < -0.4 is 14.4 Å². The van der Waals surface area contributed by atoms with Gasteiger partial charge in [-0.1, -0.05) is 13.8 Å². The SMILES string of the molecule is COc1cc(OC)c(C(C)C)cc1-c1nnc2n1-c1ccc(N3CCOCC3)c(F)c1CCC2. The molecule has 0 aliphatic carbocycles. The van der Waals surface area contributed by atoms with Gasteiger partial charge < -0.3 is 19.1 Å². The Morgan fingerprint density at radius 1 is 0.971 bits per heavy atom. The number of fused-ring (bicyclic) bond motifs is 3. The minimum atomic E-state index is -0.156. The number of ether oxygens (including phenoxy) is 3. The molecule has 2 aliphatic rings. The van der Waals surface area contributed by atoms with Gasteiger partial charge in [-0.2, -0.15) is 0 Å². The number of aryl methyl sites for hydroxylation is 1. The molecule has 2 aromatic carbocycles. The van der Waals surface area contributed by atoms with Crippen molar-refractivity contribution in [1.82, 2.24) is 14.8 Å². The molecule has 0 unspecified atom stereocenters. The van der Waals surface area contributed by atoms with E-state index in [0.717, 1.165) is 41.2 Å². The van der Waals surface area contributed by atoms with Gasteiger partial charge in [-0.05, 0) is 42.5 Å². The molecule has 0 radical (unpaired) electrons. The van der Waals surface area contributed by atoms with Crippen molar-refractivity contribution in [3.05, 3.63) is 47.0 Å². The van der Waals surface area contributed by atoms with E-state index in [1.54, 1.807) is 14.2 Å². The Morgan fingerprint density at radius 3 is 2.41 bits per heavy atom. The van der Waals surface area contributed by atoms with Crippen molar-refractivity contribution in [1.29, 1.82) is 0 Å². The van der Waals surface area contributed by atoms with Crippen molar-refractivity contribution in [3.63, 3.8) is 0 Å². The molecule has 0 atom stereocenters. The van der Waals surface area contributed by atoms with E-state index in [4.69, 9.17) is 14.2 Å². The van der Waals surface area contributed by atoms with E-state index >= 15 is 4.39 Å². The first-order valence-corrected chi connectivity index (χ1v) is 11.9. The number of aromatic nitrogens is 3. The zero-order valence-electron chi connectivity index (χ0n) is 20.2. The minimum absolute atomic E-state index is 0.156. The van der Waals surface area contributed by atoms with Crippen molar-refractivity contribution < 1.29 is 18.6 Å². The smallest absolute Gasteiger partial charge is 0.172 e. The molecule has 0 bridgehead atoms. The lowest BCUT2D eigenvalue weighted by molar-refractivity contribution is 0.122. The lowest BCUT2D eigenvalue weighted by atomic mass is 9.98. The highest BCUT2D eigenvalue weighted by molar-refractivity contribution is 5.71. The monoisotopic (exact) mass is 466 g/mol. The van der Waals surface area contributed by atoms with Crippen molar-refractivity contribution in [2.45, 2.75) is 39.0 Å². The largest absolute Gasteiger partial charge is 0.496 e. The van der Waals surface area contributed by atoms with Gasteiger partial charge in [0.2, 0.25) is 0 Å². The average molecular weight is 467 g/mol. The predicted molar refractivity (Wildman–Crippen MR) is 129 cm³/mol. The van der Waals surface area contributed by atoms with Gasteiger partial charge in [0.1, 0.15) is 17.3 Å². The number of hydrogen-bond donors (Lipinski definition) is 0. The highest BCUT2D eigenvalue weighted by atomic mass is 19.1. The molecule has 34 heavy (non-hydrogen) atoms. The molecule has 1 aromatic heterocycles. The molecule has 0 N–H and O–H groups in total. The summed E-state index contributed by atoms with van der Waals surface area (Å²) in [6, 6.07) is 7.84. The van der Waals surface area contributed by atoms with Crippen molar-refractivity contribution >= 4 is 5.69 Å². The number of halogens is 1. The first-order chi connectivity index (χ1) is 16.5. The summed E-state index contributed by atoms with van der Waals surface area (Å²) < 4.78 is 34.7. The summed E-state index contributed by atoms with van der Waals surface area (Å²) in [5, 5.41) is 9.06. The average Bonchev–Trinajstić information content (AvgIpc) is 3.18. The van der Waals surface area contributed by atoms with Crippen LogP contribution in [0.5, 0.6) is 11.5 Å². The molecule has 1 saturated heterocycles. The second-order valence-electron chi connectivity index (χ2n) is 9.07. The highest BCUT2D eigenvalue weighted by Gasteiger charge is 2.28. The van der Waals surface area contributed by atoms with Crippen LogP contribution in [0.4, 0.5) is 10.1 Å². The van der Waals surface area contributed by atoms with E-state index in [1.807, 2.05) is 22.8 Å². The third-order valence-electron chi connectivity index (χ3n) is 6.76. The Hall–Kier alpha value is -3.13. The maximum atomic E-state index is 15.9. The molecule has 5 rings (SSSR count). The van der Waals surface area contributed by atoms with Gasteiger partial charge >= 0.3 is 0 Å². The van der Waals surface area contributed by atoms with Crippen LogP contribution in [-0.4, -0.2) is 55.3 Å². The summed E-state index contributed by atoms with van der Waals surface area (Å²) >= 11 is 0. The minimum Gasteiger partial charge on any atom is -0.496 e. The summed E-state index contributed by atoms with van der Waals surface area (Å²) in [4.78, 5) is 2.07. The van der Waals surface area contributed by atoms with E-state index < -0.39 is 0 Å². The fourth-order valence-corrected chi connectivity index (χ4v) is 4.97. The summed E-state index contributed by atoms with van der Waals surface area (Å²) in [6.07, 6.45) is 2.19. The van der Waals surface area contributed by atoms with Crippen molar-refractivity contribution in [3.8, 4) is 28.6 Å². The number of morpholine rings is 1. The van der Waals surface area contributed by atoms with Gasteiger partial charge in [0.25, 0.3) is 0 Å². The first-order valence-electron chi connectivity index (χ1n) is 11.9. The van der Waals surface area contributed by atoms with Crippen LogP contribution in [0.15, 0.2) is 24.3 Å². The summed E-state index contributed by atoms with van der Waals surface area (Å²) in [5.74, 6) is 2.98. The fourth-order valence-electron chi connectivity index (χ4n) is 4.97. The fraction of sp³-hybridized carbons (Fsp3) is 0.462. The highest BCUT2D eigenvalue weighted by Crippen LogP contribution is 2.41. The molecule has 1 fully saturated rings. The van der Waals surface area contributed by atoms with E-state index in [-0.39, 0.29) is 11.7 Å². The molecule has 0 amide bonds. The van der Waals surface area contributed by atoms with Gasteiger partial charge in [0.05, 0.1) is 44.4 Å². The standard InChI is InChI=1S/C26H31FN4O3/c1-16(2)18-14-19(23(33-4)15-22(18)32-3)26-29-28-24-7-5-6-17-20(31(24)26)8-9-21(25(17)27)30-10-12-34-13-11-30/h8-9,14-16H,5-7,10-13H2,1-4H3. The molecular formula is C26H31FN4O3. The van der Waals surface area contributed by atoms with Gasteiger partial charge in [-0.3, -0.25) is 4.57 Å². The lowest BCUT2D eigenvalue weighted by Crippen LogP contribution is -2.37. The second kappa shape index (κ2) is 9.25. The number of nitrogens with zero attached hydrogens (tertiary/aromatic N) is 4. The molecule has 0 saturated carbocycles. The Balaban J connectivity index is 1.68. The van der Waals surface area contributed by atoms with Crippen LogP contribution in [0.2, 0.25) is 0 Å². The molecule has 8 heteroatoms. The number of methoxy groups -OCH3 is 2. The molecule has 2 aliphatic heterocycles. The first kappa shape index (κ1) is 22.7. The number of hydrogen-bond acceptors (Lipinski definition) is 6. The van der Waals surface area contributed by atoms with Gasteiger partial charge in [-0.25, -0.2) is 4.39 Å². The zero-order valence-corrected chi connectivity index (χ0v) is 20.2. The molecule has 3 aromatic rings. The van der Waals surface area contributed by atoms with E-state index in [2.05, 4.69) is 35.0 Å². The number of anilines is 1. The van der Waals surface area contributed by atoms with Gasteiger partial charge in [0.15, 0.2) is 11.6 Å². The van der Waals surface area contributed by atoms with E-state index in [9.17, 15) is 0 Å². The van der Waals surface area contributed by atoms with Gasteiger partial charge in [-0.15, -0.1) is 10.2 Å². The maximum Gasteiger partial charge on any atom is 0.172 e. The predicted octanol–water partition coefficient (Wildman–Crippen LogP) is 4.54. The molecular weight excluding hydrogens is 435 g/mol. The molecule has 3 heterocycles. The zero-order chi connectivity index (χ0) is 23.8. The van der Waals surface area contributed by atoms with Crippen LogP contribution >= 0.6 is 0 Å². The van der Waals surface area contributed by atoms with E-state index in [0.29, 0.717) is 55.5 Å². The van der Waals surface area contributed by atoms with Crippen LogP contribution in [0.3, 0.4) is 0 Å². The molecule has 7 nitrogen and oxygen atoms in total. The molecule has 0 spiro atoms. The topological polar surface area (TPSA) is 61.6 Å². The van der Waals surface area contributed by atoms with Crippen molar-refractivity contribution in [2.24, 2.45) is 0 Å². The number of rotatable bonds is 5. The number of benzene rings is 2. The Bertz CT molecular complexity index is 1200. The van der Waals surface area contributed by atoms with Crippen LogP contribution in [0.25, 0.3) is 17.1 Å². The quantitative estimate of drug-likeness (QED) is 0.550. The normalized spacial score (nSPS) is 15.6. The van der Waals surface area contributed by atoms with Gasteiger partial charge in [0, 0.05) is 31.1 Å². The maximum absolute atomic E-state index is 15.9. The lowest BCUT2D eigenvalue weighted by Gasteiger charge is -2.30. The summed E-state index contributed by atoms with van der Waals surface area (Å²) in [7, 11) is 3.30. The third-order valence-corrected chi connectivity index (χ3v) is 6.76.